The van der Waals surface area contributed by atoms with Crippen molar-refractivity contribution in [2.75, 3.05) is 31.1 Å². The largest absolute Gasteiger partial charge is 0.368 e. The monoisotopic (exact) mass is 333 g/mol. The SMILES string of the molecule is Cc1cccc(N2CCN(C(=O)[C@@H](C)N)CC2)c1C.Cl.Cl. The summed E-state index contributed by atoms with van der Waals surface area (Å²) in [4.78, 5) is 16.1. The molecule has 2 rings (SSSR count). The maximum atomic E-state index is 11.8. The molecule has 1 atom stereocenters. The van der Waals surface area contributed by atoms with E-state index in [-0.39, 0.29) is 30.7 Å². The Morgan fingerprint density at radius 3 is 2.24 bits per heavy atom. The summed E-state index contributed by atoms with van der Waals surface area (Å²) in [6.07, 6.45) is 0. The van der Waals surface area contributed by atoms with Crippen LogP contribution in [-0.2, 0) is 4.79 Å². The van der Waals surface area contributed by atoms with Gasteiger partial charge in [0, 0.05) is 31.9 Å². The molecule has 120 valence electrons. The minimum atomic E-state index is -0.396. The number of piperazine rings is 1. The molecule has 1 saturated heterocycles. The molecular weight excluding hydrogens is 309 g/mol. The summed E-state index contributed by atoms with van der Waals surface area (Å²) in [5.41, 5.74) is 9.58. The van der Waals surface area contributed by atoms with Crippen molar-refractivity contribution < 1.29 is 4.79 Å². The Morgan fingerprint density at radius 1 is 1.14 bits per heavy atom. The Bertz CT molecular complexity index is 472. The number of hydrogen-bond donors (Lipinski definition) is 1. The Morgan fingerprint density at radius 2 is 1.71 bits per heavy atom. The maximum Gasteiger partial charge on any atom is 0.239 e. The topological polar surface area (TPSA) is 49.6 Å². The van der Waals surface area contributed by atoms with Crippen molar-refractivity contribution in [1.82, 2.24) is 4.90 Å². The molecule has 0 bridgehead atoms. The van der Waals surface area contributed by atoms with E-state index in [4.69, 9.17) is 5.73 Å². The summed E-state index contributed by atoms with van der Waals surface area (Å²) >= 11 is 0. The summed E-state index contributed by atoms with van der Waals surface area (Å²) in [5.74, 6) is 0.0561. The fraction of sp³-hybridized carbons (Fsp3) is 0.533. The second kappa shape index (κ2) is 8.47. The normalized spacial score (nSPS) is 15.8. The predicted molar refractivity (Wildman–Crippen MR) is 92.9 cm³/mol. The van der Waals surface area contributed by atoms with E-state index in [9.17, 15) is 4.79 Å². The summed E-state index contributed by atoms with van der Waals surface area (Å²) in [5, 5.41) is 0. The maximum absolute atomic E-state index is 11.8. The average molecular weight is 334 g/mol. The molecule has 0 radical (unpaired) electrons. The van der Waals surface area contributed by atoms with Crippen molar-refractivity contribution >= 4 is 36.4 Å². The van der Waals surface area contributed by atoms with Gasteiger partial charge in [-0.1, -0.05) is 12.1 Å². The molecule has 0 aliphatic carbocycles. The Hall–Kier alpha value is -0.970. The molecule has 2 N–H and O–H groups in total. The van der Waals surface area contributed by atoms with Crippen molar-refractivity contribution in [2.24, 2.45) is 5.73 Å². The zero-order valence-corrected chi connectivity index (χ0v) is 14.5. The van der Waals surface area contributed by atoms with Crippen LogP contribution in [0.2, 0.25) is 0 Å². The van der Waals surface area contributed by atoms with Crippen LogP contribution in [-0.4, -0.2) is 43.0 Å². The molecule has 21 heavy (non-hydrogen) atoms. The lowest BCUT2D eigenvalue weighted by Crippen LogP contribution is -2.52. The third-order valence-corrected chi connectivity index (χ3v) is 3.90. The number of nitrogens with two attached hydrogens (primary N) is 1. The van der Waals surface area contributed by atoms with Crippen LogP contribution < -0.4 is 10.6 Å². The minimum absolute atomic E-state index is 0. The first-order valence-corrected chi connectivity index (χ1v) is 6.86. The number of hydrogen-bond acceptors (Lipinski definition) is 3. The molecule has 0 spiro atoms. The van der Waals surface area contributed by atoms with Crippen LogP contribution in [0.25, 0.3) is 0 Å². The van der Waals surface area contributed by atoms with Gasteiger partial charge in [-0.2, -0.15) is 0 Å². The van der Waals surface area contributed by atoms with Gasteiger partial charge in [-0.3, -0.25) is 4.79 Å². The smallest absolute Gasteiger partial charge is 0.239 e. The molecule has 0 saturated carbocycles. The van der Waals surface area contributed by atoms with Gasteiger partial charge in [0.2, 0.25) is 5.91 Å². The first kappa shape index (κ1) is 20.0. The molecule has 1 aromatic carbocycles. The van der Waals surface area contributed by atoms with E-state index < -0.39 is 6.04 Å². The summed E-state index contributed by atoms with van der Waals surface area (Å²) < 4.78 is 0. The lowest BCUT2D eigenvalue weighted by Gasteiger charge is -2.37. The van der Waals surface area contributed by atoms with Crippen molar-refractivity contribution in [1.29, 1.82) is 0 Å². The summed E-state index contributed by atoms with van der Waals surface area (Å²) in [6, 6.07) is 5.99. The standard InChI is InChI=1S/C15H23N3O.2ClH/c1-11-5-4-6-14(12(11)2)17-7-9-18(10-8-17)15(19)13(3)16;;/h4-6,13H,7-10,16H2,1-3H3;2*1H/t13-;;/m1../s1. The van der Waals surface area contributed by atoms with Gasteiger partial charge in [0.05, 0.1) is 6.04 Å². The van der Waals surface area contributed by atoms with Crippen molar-refractivity contribution in [3.8, 4) is 0 Å². The van der Waals surface area contributed by atoms with E-state index >= 15 is 0 Å². The summed E-state index contributed by atoms with van der Waals surface area (Å²) in [7, 11) is 0. The highest BCUT2D eigenvalue weighted by atomic mass is 35.5. The first-order valence-electron chi connectivity index (χ1n) is 6.86. The van der Waals surface area contributed by atoms with E-state index in [0.717, 1.165) is 26.2 Å². The van der Waals surface area contributed by atoms with Crippen LogP contribution in [0, 0.1) is 13.8 Å². The fourth-order valence-electron chi connectivity index (χ4n) is 2.53. The van der Waals surface area contributed by atoms with E-state index in [0.29, 0.717) is 0 Å². The molecule has 0 unspecified atom stereocenters. The van der Waals surface area contributed by atoms with Crippen molar-refractivity contribution in [3.63, 3.8) is 0 Å². The highest BCUT2D eigenvalue weighted by Crippen LogP contribution is 2.23. The van der Waals surface area contributed by atoms with Gasteiger partial charge in [-0.05, 0) is 38.0 Å². The number of anilines is 1. The molecule has 0 aromatic heterocycles. The first-order chi connectivity index (χ1) is 9.00. The van der Waals surface area contributed by atoms with Gasteiger partial charge in [0.1, 0.15) is 0 Å². The zero-order valence-electron chi connectivity index (χ0n) is 12.8. The lowest BCUT2D eigenvalue weighted by molar-refractivity contribution is -0.132. The third-order valence-electron chi connectivity index (χ3n) is 3.90. The van der Waals surface area contributed by atoms with E-state index in [2.05, 4.69) is 36.9 Å². The van der Waals surface area contributed by atoms with Gasteiger partial charge in [0.15, 0.2) is 0 Å². The third kappa shape index (κ3) is 4.50. The predicted octanol–water partition coefficient (Wildman–Crippen LogP) is 2.14. The van der Waals surface area contributed by atoms with Gasteiger partial charge in [-0.25, -0.2) is 0 Å². The number of carbonyl (C=O) groups excluding carboxylic acids is 1. The van der Waals surface area contributed by atoms with Gasteiger partial charge in [-0.15, -0.1) is 24.8 Å². The van der Waals surface area contributed by atoms with Gasteiger partial charge >= 0.3 is 0 Å². The zero-order chi connectivity index (χ0) is 14.0. The van der Waals surface area contributed by atoms with Crippen molar-refractivity contribution in [2.45, 2.75) is 26.8 Å². The number of benzene rings is 1. The minimum Gasteiger partial charge on any atom is -0.368 e. The molecule has 1 heterocycles. The van der Waals surface area contributed by atoms with Crippen LogP contribution in [0.3, 0.4) is 0 Å². The van der Waals surface area contributed by atoms with Crippen LogP contribution in [0.1, 0.15) is 18.1 Å². The van der Waals surface area contributed by atoms with Crippen LogP contribution in [0.15, 0.2) is 18.2 Å². The van der Waals surface area contributed by atoms with E-state index in [1.54, 1.807) is 6.92 Å². The molecule has 6 heteroatoms. The number of aryl methyl sites for hydroxylation is 1. The average Bonchev–Trinajstić information content (AvgIpc) is 2.41. The van der Waals surface area contributed by atoms with Crippen molar-refractivity contribution in [3.05, 3.63) is 29.3 Å². The highest BCUT2D eigenvalue weighted by Gasteiger charge is 2.23. The van der Waals surface area contributed by atoms with Crippen LogP contribution >= 0.6 is 24.8 Å². The Labute approximate surface area is 139 Å². The van der Waals surface area contributed by atoms with Crippen LogP contribution in [0.5, 0.6) is 0 Å². The Balaban J connectivity index is 0.00000200. The van der Waals surface area contributed by atoms with Crippen LogP contribution in [0.4, 0.5) is 5.69 Å². The summed E-state index contributed by atoms with van der Waals surface area (Å²) in [6.45, 7) is 9.31. The second-order valence-electron chi connectivity index (χ2n) is 5.32. The van der Waals surface area contributed by atoms with E-state index in [1.165, 1.54) is 16.8 Å². The quantitative estimate of drug-likeness (QED) is 0.902. The second-order valence-corrected chi connectivity index (χ2v) is 5.32. The van der Waals surface area contributed by atoms with E-state index in [1.807, 2.05) is 4.90 Å². The molecule has 1 aliphatic rings. The molecule has 4 nitrogen and oxygen atoms in total. The number of rotatable bonds is 2. The van der Waals surface area contributed by atoms with Gasteiger partial charge < -0.3 is 15.5 Å². The number of halogens is 2. The number of nitrogens with zero attached hydrogens (tertiary/aromatic N) is 2. The number of carbonyl (C=O) groups is 1. The molecule has 1 amide bonds. The lowest BCUT2D eigenvalue weighted by atomic mass is 10.1. The fourth-order valence-corrected chi connectivity index (χ4v) is 2.53. The van der Waals surface area contributed by atoms with Gasteiger partial charge in [0.25, 0.3) is 0 Å². The molecule has 1 fully saturated rings. The Kier molecular flexibility index (Phi) is 8.08. The highest BCUT2D eigenvalue weighted by molar-refractivity contribution is 5.85. The molecular formula is C15H25Cl2N3O. The number of amides is 1. The molecule has 1 aromatic rings. The molecule has 1 aliphatic heterocycles.